The summed E-state index contributed by atoms with van der Waals surface area (Å²) in [7, 11) is 0. The summed E-state index contributed by atoms with van der Waals surface area (Å²) in [5, 5.41) is 2.88. The summed E-state index contributed by atoms with van der Waals surface area (Å²) in [5.74, 6) is 1.09. The van der Waals surface area contributed by atoms with E-state index in [1.165, 1.54) is 10.5 Å². The SMILES string of the molecule is CCN(CC)C(=O)c1cccc(NC(=O)CSCc2ccc(SC)cc2)c1. The highest BCUT2D eigenvalue weighted by Crippen LogP contribution is 2.19. The van der Waals surface area contributed by atoms with Gasteiger partial charge in [0.25, 0.3) is 5.91 Å². The van der Waals surface area contributed by atoms with Crippen LogP contribution in [0.1, 0.15) is 29.8 Å². The van der Waals surface area contributed by atoms with Gasteiger partial charge in [0.1, 0.15) is 0 Å². The number of hydrogen-bond acceptors (Lipinski definition) is 4. The van der Waals surface area contributed by atoms with Gasteiger partial charge in [-0.15, -0.1) is 23.5 Å². The molecule has 2 amide bonds. The van der Waals surface area contributed by atoms with Gasteiger partial charge in [-0.3, -0.25) is 9.59 Å². The second-order valence-electron chi connectivity index (χ2n) is 5.95. The van der Waals surface area contributed by atoms with Gasteiger partial charge in [-0.25, -0.2) is 0 Å². The van der Waals surface area contributed by atoms with Crippen LogP contribution in [0, 0.1) is 0 Å². The fraction of sp³-hybridized carbons (Fsp3) is 0.333. The molecule has 0 fully saturated rings. The van der Waals surface area contributed by atoms with Crippen molar-refractivity contribution in [1.82, 2.24) is 4.90 Å². The van der Waals surface area contributed by atoms with Crippen molar-refractivity contribution >= 4 is 41.0 Å². The van der Waals surface area contributed by atoms with E-state index in [1.807, 2.05) is 19.9 Å². The largest absolute Gasteiger partial charge is 0.339 e. The Kier molecular flexibility index (Phi) is 8.75. The zero-order valence-corrected chi connectivity index (χ0v) is 17.7. The molecule has 6 heteroatoms. The molecule has 0 spiro atoms. The van der Waals surface area contributed by atoms with Crippen LogP contribution < -0.4 is 5.32 Å². The fourth-order valence-electron chi connectivity index (χ4n) is 2.60. The number of benzene rings is 2. The van der Waals surface area contributed by atoms with Crippen LogP contribution in [0.25, 0.3) is 0 Å². The first-order valence-electron chi connectivity index (χ1n) is 8.97. The fourth-order valence-corrected chi connectivity index (χ4v) is 3.80. The maximum absolute atomic E-state index is 12.4. The first-order chi connectivity index (χ1) is 13.1. The van der Waals surface area contributed by atoms with Crippen molar-refractivity contribution < 1.29 is 9.59 Å². The molecule has 0 radical (unpaired) electrons. The predicted octanol–water partition coefficient (Wildman–Crippen LogP) is 4.76. The highest BCUT2D eigenvalue weighted by atomic mass is 32.2. The topological polar surface area (TPSA) is 49.4 Å². The van der Waals surface area contributed by atoms with E-state index >= 15 is 0 Å². The van der Waals surface area contributed by atoms with Crippen LogP contribution in [-0.2, 0) is 10.5 Å². The molecule has 0 bridgehead atoms. The summed E-state index contributed by atoms with van der Waals surface area (Å²) in [6.07, 6.45) is 2.05. The van der Waals surface area contributed by atoms with Gasteiger partial charge in [0.05, 0.1) is 5.75 Å². The highest BCUT2D eigenvalue weighted by Gasteiger charge is 2.13. The molecule has 0 aromatic heterocycles. The number of carbonyl (C=O) groups excluding carboxylic acids is 2. The quantitative estimate of drug-likeness (QED) is 0.614. The highest BCUT2D eigenvalue weighted by molar-refractivity contribution is 7.99. The number of carbonyl (C=O) groups is 2. The Balaban J connectivity index is 1.86. The van der Waals surface area contributed by atoms with Crippen LogP contribution in [0.3, 0.4) is 0 Å². The van der Waals surface area contributed by atoms with Crippen LogP contribution in [0.5, 0.6) is 0 Å². The molecule has 4 nitrogen and oxygen atoms in total. The smallest absolute Gasteiger partial charge is 0.253 e. The predicted molar refractivity (Wildman–Crippen MR) is 117 cm³/mol. The van der Waals surface area contributed by atoms with Gasteiger partial charge in [-0.05, 0) is 56.0 Å². The number of nitrogens with one attached hydrogen (secondary N) is 1. The molecule has 0 aliphatic carbocycles. The van der Waals surface area contributed by atoms with Gasteiger partial charge >= 0.3 is 0 Å². The number of amides is 2. The van der Waals surface area contributed by atoms with Crippen LogP contribution in [0.2, 0.25) is 0 Å². The minimum Gasteiger partial charge on any atom is -0.339 e. The maximum atomic E-state index is 12.4. The average molecular weight is 403 g/mol. The monoisotopic (exact) mass is 402 g/mol. The molecule has 1 N–H and O–H groups in total. The van der Waals surface area contributed by atoms with Crippen LogP contribution in [-0.4, -0.2) is 41.8 Å². The number of thioether (sulfide) groups is 2. The number of anilines is 1. The van der Waals surface area contributed by atoms with Gasteiger partial charge in [0.2, 0.25) is 5.91 Å². The Bertz CT molecular complexity index is 759. The van der Waals surface area contributed by atoms with Crippen molar-refractivity contribution in [1.29, 1.82) is 0 Å². The zero-order chi connectivity index (χ0) is 19.6. The average Bonchev–Trinajstić information content (AvgIpc) is 2.69. The molecule has 0 saturated heterocycles. The number of hydrogen-bond donors (Lipinski definition) is 1. The van der Waals surface area contributed by atoms with E-state index in [1.54, 1.807) is 46.6 Å². The van der Waals surface area contributed by atoms with E-state index < -0.39 is 0 Å². The summed E-state index contributed by atoms with van der Waals surface area (Å²) in [6.45, 7) is 5.25. The first kappa shape index (κ1) is 21.4. The third-order valence-electron chi connectivity index (χ3n) is 4.10. The molecule has 2 rings (SSSR count). The first-order valence-corrected chi connectivity index (χ1v) is 11.3. The van der Waals surface area contributed by atoms with E-state index in [0.717, 1.165) is 5.75 Å². The molecular formula is C21H26N2O2S2. The van der Waals surface area contributed by atoms with E-state index in [4.69, 9.17) is 0 Å². The Labute approximate surface area is 170 Å². The molecule has 0 atom stereocenters. The summed E-state index contributed by atoms with van der Waals surface area (Å²) in [5.41, 5.74) is 2.46. The summed E-state index contributed by atoms with van der Waals surface area (Å²) < 4.78 is 0. The van der Waals surface area contributed by atoms with Crippen LogP contribution in [0.15, 0.2) is 53.4 Å². The molecular weight excluding hydrogens is 376 g/mol. The van der Waals surface area contributed by atoms with E-state index in [0.29, 0.717) is 30.1 Å². The van der Waals surface area contributed by atoms with Crippen LogP contribution >= 0.6 is 23.5 Å². The lowest BCUT2D eigenvalue weighted by atomic mass is 10.1. The van der Waals surface area contributed by atoms with Crippen molar-refractivity contribution in [2.75, 3.05) is 30.4 Å². The molecule has 2 aromatic rings. The van der Waals surface area contributed by atoms with Gasteiger partial charge < -0.3 is 10.2 Å². The molecule has 2 aromatic carbocycles. The van der Waals surface area contributed by atoms with E-state index in [-0.39, 0.29) is 11.8 Å². The van der Waals surface area contributed by atoms with Gasteiger partial charge in [0.15, 0.2) is 0 Å². The normalized spacial score (nSPS) is 10.5. The molecule has 144 valence electrons. The third-order valence-corrected chi connectivity index (χ3v) is 5.85. The van der Waals surface area contributed by atoms with Crippen LogP contribution in [0.4, 0.5) is 5.69 Å². The van der Waals surface area contributed by atoms with Gasteiger partial charge in [0, 0.05) is 35.0 Å². The van der Waals surface area contributed by atoms with E-state index in [2.05, 4.69) is 35.8 Å². The Hall–Kier alpha value is -1.92. The number of nitrogens with zero attached hydrogens (tertiary/aromatic N) is 1. The molecule has 27 heavy (non-hydrogen) atoms. The lowest BCUT2D eigenvalue weighted by molar-refractivity contribution is -0.113. The van der Waals surface area contributed by atoms with Gasteiger partial charge in [-0.1, -0.05) is 18.2 Å². The second-order valence-corrected chi connectivity index (χ2v) is 7.81. The number of rotatable bonds is 9. The minimum absolute atomic E-state index is 0.0147. The van der Waals surface area contributed by atoms with Crippen molar-refractivity contribution in [2.45, 2.75) is 24.5 Å². The molecule has 0 saturated carbocycles. The maximum Gasteiger partial charge on any atom is 0.253 e. The van der Waals surface area contributed by atoms with Gasteiger partial charge in [-0.2, -0.15) is 0 Å². The third kappa shape index (κ3) is 6.63. The van der Waals surface area contributed by atoms with Crippen molar-refractivity contribution in [3.63, 3.8) is 0 Å². The Morgan fingerprint density at radius 3 is 2.37 bits per heavy atom. The van der Waals surface area contributed by atoms with Crippen molar-refractivity contribution in [2.24, 2.45) is 0 Å². The molecule has 0 aliphatic rings. The summed E-state index contributed by atoms with van der Waals surface area (Å²) >= 11 is 3.29. The molecule has 0 aliphatic heterocycles. The standard InChI is InChI=1S/C21H26N2O2S2/c1-4-23(5-2)21(25)17-7-6-8-18(13-17)22-20(24)15-27-14-16-9-11-19(26-3)12-10-16/h6-13H,4-5,14-15H2,1-3H3,(H,22,24). The summed E-state index contributed by atoms with van der Waals surface area (Å²) in [6, 6.07) is 15.5. The Morgan fingerprint density at radius 2 is 1.74 bits per heavy atom. The Morgan fingerprint density at radius 1 is 1.04 bits per heavy atom. The molecule has 0 unspecified atom stereocenters. The summed E-state index contributed by atoms with van der Waals surface area (Å²) in [4.78, 5) is 27.6. The lowest BCUT2D eigenvalue weighted by Gasteiger charge is -2.19. The van der Waals surface area contributed by atoms with E-state index in [9.17, 15) is 9.59 Å². The lowest BCUT2D eigenvalue weighted by Crippen LogP contribution is -2.30. The molecule has 0 heterocycles. The minimum atomic E-state index is -0.0619. The second kappa shape index (κ2) is 11.0. The zero-order valence-electron chi connectivity index (χ0n) is 16.0. The van der Waals surface area contributed by atoms with Crippen molar-refractivity contribution in [3.05, 3.63) is 59.7 Å². The van der Waals surface area contributed by atoms with Crippen molar-refractivity contribution in [3.8, 4) is 0 Å².